The van der Waals surface area contributed by atoms with Crippen LogP contribution in [0.1, 0.15) is 22.6 Å². The third-order valence-corrected chi connectivity index (χ3v) is 4.87. The summed E-state index contributed by atoms with van der Waals surface area (Å²) in [6, 6.07) is 19.8. The molecule has 136 valence electrons. The number of alkyl carbamates (subject to hydrolysis) is 1. The number of hydrogen-bond donors (Lipinski definition) is 2. The zero-order valence-electron chi connectivity index (χ0n) is 14.8. The maximum Gasteiger partial charge on any atom is 0.407 e. The number of aromatic amines is 1. The fourth-order valence-electron chi connectivity index (χ4n) is 3.60. The van der Waals surface area contributed by atoms with Crippen molar-refractivity contribution in [2.75, 3.05) is 13.2 Å². The highest BCUT2D eigenvalue weighted by atomic mass is 16.5. The molecule has 0 spiro atoms. The topological polar surface area (TPSA) is 71.2 Å². The van der Waals surface area contributed by atoms with Crippen LogP contribution in [-0.4, -0.2) is 24.2 Å². The second-order valence-corrected chi connectivity index (χ2v) is 6.56. The Balaban J connectivity index is 1.36. The number of aromatic nitrogens is 1. The minimum atomic E-state index is -0.443. The average Bonchev–Trinajstić information content (AvgIpc) is 3.00. The van der Waals surface area contributed by atoms with Gasteiger partial charge in [-0.05, 0) is 40.3 Å². The van der Waals surface area contributed by atoms with Crippen molar-refractivity contribution in [3.63, 3.8) is 0 Å². The van der Waals surface area contributed by atoms with Gasteiger partial charge in [-0.2, -0.15) is 0 Å². The normalized spacial score (nSPS) is 12.3. The van der Waals surface area contributed by atoms with Crippen LogP contribution in [0.3, 0.4) is 0 Å². The van der Waals surface area contributed by atoms with Crippen LogP contribution < -0.4 is 10.9 Å². The number of carbonyl (C=O) groups excluding carboxylic acids is 1. The summed E-state index contributed by atoms with van der Waals surface area (Å²) in [5.74, 6) is 0.0517. The van der Waals surface area contributed by atoms with E-state index in [0.29, 0.717) is 19.6 Å². The Morgan fingerprint density at radius 3 is 2.33 bits per heavy atom. The highest BCUT2D eigenvalue weighted by Crippen LogP contribution is 2.44. The molecule has 0 atom stereocenters. The van der Waals surface area contributed by atoms with Gasteiger partial charge < -0.3 is 15.0 Å². The molecule has 2 aromatic carbocycles. The van der Waals surface area contributed by atoms with E-state index < -0.39 is 6.09 Å². The van der Waals surface area contributed by atoms with Crippen LogP contribution in [0.25, 0.3) is 11.1 Å². The lowest BCUT2D eigenvalue weighted by Gasteiger charge is -2.14. The van der Waals surface area contributed by atoms with Crippen molar-refractivity contribution in [2.24, 2.45) is 0 Å². The molecule has 0 bridgehead atoms. The Kier molecular flexibility index (Phi) is 4.75. The highest BCUT2D eigenvalue weighted by Gasteiger charge is 2.28. The molecule has 0 radical (unpaired) electrons. The van der Waals surface area contributed by atoms with Crippen molar-refractivity contribution in [1.82, 2.24) is 10.3 Å². The molecule has 0 saturated heterocycles. The molecule has 1 heterocycles. The smallest absolute Gasteiger partial charge is 0.407 e. The van der Waals surface area contributed by atoms with Crippen molar-refractivity contribution >= 4 is 6.09 Å². The van der Waals surface area contributed by atoms with E-state index in [4.69, 9.17) is 4.74 Å². The van der Waals surface area contributed by atoms with Crippen LogP contribution >= 0.6 is 0 Å². The molecule has 1 aliphatic carbocycles. The molecule has 0 aliphatic heterocycles. The molecule has 4 rings (SSSR count). The van der Waals surface area contributed by atoms with Gasteiger partial charge in [0, 0.05) is 24.7 Å². The van der Waals surface area contributed by atoms with Crippen LogP contribution in [0.4, 0.5) is 4.79 Å². The number of hydrogen-bond acceptors (Lipinski definition) is 3. The molecule has 0 unspecified atom stereocenters. The lowest BCUT2D eigenvalue weighted by molar-refractivity contribution is 0.143. The standard InChI is InChI=1S/C22H20N2O3/c25-21-13-15(9-11-23-21)10-12-24-22(26)27-14-20-18-7-3-1-5-16(18)17-6-2-4-8-19(17)20/h1-9,11,13,20H,10,12,14H2,(H,23,25)(H,24,26). The quantitative estimate of drug-likeness (QED) is 0.732. The predicted octanol–water partition coefficient (Wildman–Crippen LogP) is 3.46. The molecular formula is C22H20N2O3. The summed E-state index contributed by atoms with van der Waals surface area (Å²) in [5.41, 5.74) is 5.52. The Morgan fingerprint density at radius 1 is 1.00 bits per heavy atom. The summed E-state index contributed by atoms with van der Waals surface area (Å²) in [6.45, 7) is 0.713. The van der Waals surface area contributed by atoms with Crippen LogP contribution in [0, 0.1) is 0 Å². The van der Waals surface area contributed by atoms with Gasteiger partial charge in [-0.3, -0.25) is 4.79 Å². The maximum atomic E-state index is 12.1. The van der Waals surface area contributed by atoms with Crippen LogP contribution in [0.2, 0.25) is 0 Å². The minimum absolute atomic E-state index is 0.0517. The van der Waals surface area contributed by atoms with Gasteiger partial charge in [-0.15, -0.1) is 0 Å². The number of H-pyrrole nitrogens is 1. The summed E-state index contributed by atoms with van der Waals surface area (Å²) in [6.07, 6.45) is 1.74. The zero-order chi connectivity index (χ0) is 18.6. The van der Waals surface area contributed by atoms with Gasteiger partial charge in [0.2, 0.25) is 5.56 Å². The molecule has 1 aliphatic rings. The van der Waals surface area contributed by atoms with Crippen LogP contribution in [0.15, 0.2) is 71.7 Å². The molecule has 5 nitrogen and oxygen atoms in total. The van der Waals surface area contributed by atoms with E-state index in [1.165, 1.54) is 28.3 Å². The first-order valence-corrected chi connectivity index (χ1v) is 8.99. The number of benzene rings is 2. The van der Waals surface area contributed by atoms with Crippen molar-refractivity contribution < 1.29 is 9.53 Å². The predicted molar refractivity (Wildman–Crippen MR) is 104 cm³/mol. The molecule has 27 heavy (non-hydrogen) atoms. The van der Waals surface area contributed by atoms with Gasteiger partial charge in [0.25, 0.3) is 0 Å². The van der Waals surface area contributed by atoms with Crippen LogP contribution in [0.5, 0.6) is 0 Å². The maximum absolute atomic E-state index is 12.1. The van der Waals surface area contributed by atoms with Crippen molar-refractivity contribution in [3.8, 4) is 11.1 Å². The van der Waals surface area contributed by atoms with E-state index in [2.05, 4.69) is 34.6 Å². The molecule has 1 aromatic heterocycles. The van der Waals surface area contributed by atoms with E-state index in [9.17, 15) is 9.59 Å². The fourth-order valence-corrected chi connectivity index (χ4v) is 3.60. The second-order valence-electron chi connectivity index (χ2n) is 6.56. The monoisotopic (exact) mass is 360 g/mol. The van der Waals surface area contributed by atoms with Gasteiger partial charge in [-0.1, -0.05) is 48.5 Å². The number of pyridine rings is 1. The molecule has 1 amide bonds. The minimum Gasteiger partial charge on any atom is -0.449 e. The first-order valence-electron chi connectivity index (χ1n) is 8.99. The Hall–Kier alpha value is -3.34. The zero-order valence-corrected chi connectivity index (χ0v) is 14.8. The summed E-state index contributed by atoms with van der Waals surface area (Å²) < 4.78 is 5.48. The lowest BCUT2D eigenvalue weighted by atomic mass is 9.98. The Morgan fingerprint density at radius 2 is 1.67 bits per heavy atom. The largest absolute Gasteiger partial charge is 0.449 e. The van der Waals surface area contributed by atoms with E-state index in [0.717, 1.165) is 5.56 Å². The molecule has 0 fully saturated rings. The number of amides is 1. The summed E-state index contributed by atoms with van der Waals surface area (Å²) >= 11 is 0. The SMILES string of the molecule is O=C(NCCc1cc[nH]c(=O)c1)OCC1c2ccccc2-c2ccccc21. The summed E-state index contributed by atoms with van der Waals surface area (Å²) in [7, 11) is 0. The first-order chi connectivity index (χ1) is 13.2. The Bertz CT molecular complexity index is 980. The number of rotatable bonds is 5. The summed E-state index contributed by atoms with van der Waals surface area (Å²) in [4.78, 5) is 25.9. The average molecular weight is 360 g/mol. The summed E-state index contributed by atoms with van der Waals surface area (Å²) in [5, 5.41) is 2.75. The van der Waals surface area contributed by atoms with E-state index in [-0.39, 0.29) is 11.5 Å². The van der Waals surface area contributed by atoms with Gasteiger partial charge in [0.15, 0.2) is 0 Å². The van der Waals surface area contributed by atoms with Gasteiger partial charge >= 0.3 is 6.09 Å². The van der Waals surface area contributed by atoms with E-state index in [1.54, 1.807) is 6.20 Å². The van der Waals surface area contributed by atoms with Gasteiger partial charge in [0.05, 0.1) is 0 Å². The van der Waals surface area contributed by atoms with Crippen molar-refractivity contribution in [3.05, 3.63) is 93.9 Å². The molecule has 3 aromatic rings. The highest BCUT2D eigenvalue weighted by molar-refractivity contribution is 5.79. The molecule has 5 heteroatoms. The fraction of sp³-hybridized carbons (Fsp3) is 0.182. The Labute approximate surface area is 157 Å². The van der Waals surface area contributed by atoms with Crippen LogP contribution in [-0.2, 0) is 11.2 Å². The number of ether oxygens (including phenoxy) is 1. The van der Waals surface area contributed by atoms with E-state index in [1.807, 2.05) is 30.3 Å². The molecule has 0 saturated carbocycles. The number of carbonyl (C=O) groups is 1. The second kappa shape index (κ2) is 7.50. The number of nitrogens with one attached hydrogen (secondary N) is 2. The third-order valence-electron chi connectivity index (χ3n) is 4.87. The van der Waals surface area contributed by atoms with Gasteiger partial charge in [0.1, 0.15) is 6.61 Å². The van der Waals surface area contributed by atoms with Gasteiger partial charge in [-0.25, -0.2) is 4.79 Å². The van der Waals surface area contributed by atoms with Crippen molar-refractivity contribution in [1.29, 1.82) is 0 Å². The first kappa shape index (κ1) is 17.1. The number of fused-ring (bicyclic) bond motifs is 3. The third kappa shape index (κ3) is 3.62. The molecule has 2 N–H and O–H groups in total. The van der Waals surface area contributed by atoms with Crippen molar-refractivity contribution in [2.45, 2.75) is 12.3 Å². The molecular weight excluding hydrogens is 340 g/mol. The van der Waals surface area contributed by atoms with E-state index >= 15 is 0 Å². The lowest BCUT2D eigenvalue weighted by Crippen LogP contribution is -2.28.